The van der Waals surface area contributed by atoms with Crippen LogP contribution in [0.1, 0.15) is 30.9 Å². The van der Waals surface area contributed by atoms with E-state index in [0.29, 0.717) is 0 Å². The van der Waals surface area contributed by atoms with Gasteiger partial charge in [0.05, 0.1) is 6.61 Å². The summed E-state index contributed by atoms with van der Waals surface area (Å²) in [5.41, 5.74) is 2.78. The van der Waals surface area contributed by atoms with Crippen LogP contribution in [-0.4, -0.2) is 31.2 Å². The van der Waals surface area contributed by atoms with Crippen molar-refractivity contribution in [2.45, 2.75) is 32.7 Å². The Kier molecular flexibility index (Phi) is 6.22. The zero-order chi connectivity index (χ0) is 17.5. The maximum absolute atomic E-state index is 13.1. The number of nitrogens with zero attached hydrogens (tertiary/aromatic N) is 1. The van der Waals surface area contributed by atoms with Gasteiger partial charge in [-0.25, -0.2) is 4.39 Å². The number of benzene rings is 2. The summed E-state index contributed by atoms with van der Waals surface area (Å²) in [6.07, 6.45) is 3.23. The Morgan fingerprint density at radius 2 is 1.80 bits per heavy atom. The molecule has 1 heterocycles. The van der Waals surface area contributed by atoms with E-state index in [1.54, 1.807) is 12.1 Å². The molecule has 1 saturated heterocycles. The quantitative estimate of drug-likeness (QED) is 0.691. The highest BCUT2D eigenvalue weighted by atomic mass is 19.1. The molecule has 25 heavy (non-hydrogen) atoms. The average Bonchev–Trinajstić information content (AvgIpc) is 3.04. The van der Waals surface area contributed by atoms with Crippen LogP contribution in [0.4, 0.5) is 4.39 Å². The fraction of sp³-hybridized carbons (Fsp3) is 0.455. The summed E-state index contributed by atoms with van der Waals surface area (Å²) in [4.78, 5) is 2.54. The summed E-state index contributed by atoms with van der Waals surface area (Å²) >= 11 is 0. The van der Waals surface area contributed by atoms with Crippen molar-refractivity contribution in [2.75, 3.05) is 26.3 Å². The number of likely N-dealkylation sites (tertiary alicyclic amines) is 1. The van der Waals surface area contributed by atoms with E-state index < -0.39 is 0 Å². The molecule has 1 aliphatic rings. The minimum atomic E-state index is -0.164. The molecule has 0 aromatic heterocycles. The van der Waals surface area contributed by atoms with E-state index in [4.69, 9.17) is 4.74 Å². The van der Waals surface area contributed by atoms with Gasteiger partial charge in [0.15, 0.2) is 0 Å². The Hall–Kier alpha value is -1.71. The van der Waals surface area contributed by atoms with Crippen LogP contribution in [0.3, 0.4) is 0 Å². The normalized spacial score (nSPS) is 20.9. The van der Waals surface area contributed by atoms with Crippen molar-refractivity contribution in [1.29, 1.82) is 0 Å². The van der Waals surface area contributed by atoms with E-state index in [1.165, 1.54) is 17.5 Å². The first-order valence-electron chi connectivity index (χ1n) is 9.28. The van der Waals surface area contributed by atoms with Crippen LogP contribution < -0.4 is 0 Å². The largest absolute Gasteiger partial charge is 0.381 e. The van der Waals surface area contributed by atoms with Gasteiger partial charge in [0.2, 0.25) is 0 Å². The summed E-state index contributed by atoms with van der Waals surface area (Å²) < 4.78 is 18.9. The van der Waals surface area contributed by atoms with Gasteiger partial charge in [0.1, 0.15) is 5.82 Å². The van der Waals surface area contributed by atoms with Gasteiger partial charge >= 0.3 is 0 Å². The van der Waals surface area contributed by atoms with Crippen LogP contribution in [0.15, 0.2) is 54.6 Å². The van der Waals surface area contributed by atoms with Crippen molar-refractivity contribution in [3.05, 3.63) is 71.5 Å². The lowest BCUT2D eigenvalue weighted by Gasteiger charge is -2.29. The molecule has 1 fully saturated rings. The maximum Gasteiger partial charge on any atom is 0.123 e. The Balaban J connectivity index is 1.61. The van der Waals surface area contributed by atoms with Crippen molar-refractivity contribution >= 4 is 0 Å². The Bertz CT molecular complexity index is 643. The topological polar surface area (TPSA) is 12.5 Å². The van der Waals surface area contributed by atoms with Crippen molar-refractivity contribution in [2.24, 2.45) is 5.41 Å². The predicted octanol–water partition coefficient (Wildman–Crippen LogP) is 4.69. The molecule has 0 bridgehead atoms. The van der Waals surface area contributed by atoms with Crippen LogP contribution in [0.25, 0.3) is 0 Å². The summed E-state index contributed by atoms with van der Waals surface area (Å²) in [6, 6.07) is 17.6. The first kappa shape index (κ1) is 18.1. The highest BCUT2D eigenvalue weighted by molar-refractivity contribution is 5.17. The van der Waals surface area contributed by atoms with Gasteiger partial charge in [-0.2, -0.15) is 0 Å². The van der Waals surface area contributed by atoms with Gasteiger partial charge in [-0.05, 0) is 56.0 Å². The molecule has 2 nitrogen and oxygen atoms in total. The molecule has 0 N–H and O–H groups in total. The number of hydrogen-bond acceptors (Lipinski definition) is 2. The fourth-order valence-electron chi connectivity index (χ4n) is 3.78. The molecule has 2 aromatic rings. The SMILES string of the molecule is CCOC[C@]1(CCc2ccc(F)cc2)CCN(Cc2ccccc2)C1. The lowest BCUT2D eigenvalue weighted by atomic mass is 9.82. The third-order valence-corrected chi connectivity index (χ3v) is 5.24. The lowest BCUT2D eigenvalue weighted by Crippen LogP contribution is -2.32. The Morgan fingerprint density at radius 3 is 2.52 bits per heavy atom. The van der Waals surface area contributed by atoms with Crippen LogP contribution in [0.2, 0.25) is 0 Å². The third kappa shape index (κ3) is 5.13. The first-order chi connectivity index (χ1) is 12.2. The third-order valence-electron chi connectivity index (χ3n) is 5.24. The number of aryl methyl sites for hydroxylation is 1. The van der Waals surface area contributed by atoms with Gasteiger partial charge in [-0.1, -0.05) is 42.5 Å². The standard InChI is InChI=1S/C22H28FNO/c1-2-25-18-22(13-12-19-8-10-21(23)11-9-19)14-15-24(17-22)16-20-6-4-3-5-7-20/h3-11H,2,12-18H2,1H3/t22-/m1/s1. The summed E-state index contributed by atoms with van der Waals surface area (Å²) in [7, 11) is 0. The molecule has 1 aliphatic heterocycles. The van der Waals surface area contributed by atoms with Crippen molar-refractivity contribution in [3.63, 3.8) is 0 Å². The number of ether oxygens (including phenoxy) is 1. The summed E-state index contributed by atoms with van der Waals surface area (Å²) in [6.45, 7) is 6.83. The molecule has 0 radical (unpaired) electrons. The molecule has 0 aliphatic carbocycles. The molecule has 0 spiro atoms. The van der Waals surface area contributed by atoms with Gasteiger partial charge in [-0.3, -0.25) is 4.90 Å². The van der Waals surface area contributed by atoms with Crippen molar-refractivity contribution < 1.29 is 9.13 Å². The fourth-order valence-corrected chi connectivity index (χ4v) is 3.78. The van der Waals surface area contributed by atoms with Crippen LogP contribution in [-0.2, 0) is 17.7 Å². The van der Waals surface area contributed by atoms with E-state index in [2.05, 4.69) is 42.2 Å². The zero-order valence-corrected chi connectivity index (χ0v) is 15.1. The molecule has 3 rings (SSSR count). The van der Waals surface area contributed by atoms with Crippen LogP contribution >= 0.6 is 0 Å². The number of halogens is 1. The smallest absolute Gasteiger partial charge is 0.123 e. The van der Waals surface area contributed by atoms with Crippen molar-refractivity contribution in [3.8, 4) is 0 Å². The maximum atomic E-state index is 13.1. The molecule has 0 unspecified atom stereocenters. The van der Waals surface area contributed by atoms with Crippen LogP contribution in [0.5, 0.6) is 0 Å². The Labute approximate surface area is 150 Å². The average molecular weight is 341 g/mol. The second kappa shape index (κ2) is 8.59. The van der Waals surface area contributed by atoms with Gasteiger partial charge in [-0.15, -0.1) is 0 Å². The molecule has 134 valence electrons. The van der Waals surface area contributed by atoms with Gasteiger partial charge in [0.25, 0.3) is 0 Å². The minimum absolute atomic E-state index is 0.164. The van der Waals surface area contributed by atoms with Gasteiger partial charge in [0, 0.05) is 25.1 Å². The summed E-state index contributed by atoms with van der Waals surface area (Å²) in [5.74, 6) is -0.164. The number of rotatable bonds is 8. The number of hydrogen-bond donors (Lipinski definition) is 0. The molecule has 3 heteroatoms. The molecule has 0 amide bonds. The second-order valence-electron chi connectivity index (χ2n) is 7.21. The molecular weight excluding hydrogens is 313 g/mol. The molecule has 2 aromatic carbocycles. The summed E-state index contributed by atoms with van der Waals surface area (Å²) in [5, 5.41) is 0. The molecule has 1 atom stereocenters. The monoisotopic (exact) mass is 341 g/mol. The first-order valence-corrected chi connectivity index (χ1v) is 9.28. The van der Waals surface area contributed by atoms with Crippen LogP contribution in [0, 0.1) is 11.2 Å². The van der Waals surface area contributed by atoms with Gasteiger partial charge < -0.3 is 4.74 Å². The van der Waals surface area contributed by atoms with E-state index >= 15 is 0 Å². The predicted molar refractivity (Wildman–Crippen MR) is 100.0 cm³/mol. The zero-order valence-electron chi connectivity index (χ0n) is 15.1. The molecule has 0 saturated carbocycles. The van der Waals surface area contributed by atoms with E-state index in [9.17, 15) is 4.39 Å². The van der Waals surface area contributed by atoms with E-state index in [1.807, 2.05) is 12.1 Å². The second-order valence-corrected chi connectivity index (χ2v) is 7.21. The van der Waals surface area contributed by atoms with E-state index in [-0.39, 0.29) is 11.2 Å². The van der Waals surface area contributed by atoms with E-state index in [0.717, 1.165) is 45.7 Å². The van der Waals surface area contributed by atoms with Crippen molar-refractivity contribution in [1.82, 2.24) is 4.90 Å². The lowest BCUT2D eigenvalue weighted by molar-refractivity contribution is 0.0489. The highest BCUT2D eigenvalue weighted by Gasteiger charge is 2.37. The minimum Gasteiger partial charge on any atom is -0.381 e. The molecular formula is C22H28FNO. The Morgan fingerprint density at radius 1 is 1.04 bits per heavy atom. The highest BCUT2D eigenvalue weighted by Crippen LogP contribution is 2.36.